The molecule has 0 amide bonds. The largest absolute Gasteiger partial charge is 0.416 e. The van der Waals surface area contributed by atoms with Crippen molar-refractivity contribution in [3.8, 4) is 0 Å². The van der Waals surface area contributed by atoms with E-state index in [-0.39, 0.29) is 0 Å². The van der Waals surface area contributed by atoms with Gasteiger partial charge in [-0.25, -0.2) is 0 Å². The first-order valence-electron chi connectivity index (χ1n) is 3.81. The smallest absolute Gasteiger partial charge is 0.166 e. The van der Waals surface area contributed by atoms with E-state index in [1.807, 2.05) is 0 Å². The number of alkyl halides is 3. The van der Waals surface area contributed by atoms with Crippen LogP contribution in [0.3, 0.4) is 0 Å². The molecule has 0 aliphatic rings. The molecule has 0 heterocycles. The van der Waals surface area contributed by atoms with E-state index >= 15 is 0 Å². The highest BCUT2D eigenvalue weighted by molar-refractivity contribution is 9.10. The molecular weight excluding hydrogens is 245 g/mol. The van der Waals surface area contributed by atoms with Gasteiger partial charge in [0.1, 0.15) is 0 Å². The van der Waals surface area contributed by atoms with Crippen LogP contribution in [0, 0.1) is 0 Å². The lowest BCUT2D eigenvalue weighted by molar-refractivity contribution is -0.138. The maximum absolute atomic E-state index is 12.4. The molecule has 0 spiro atoms. The zero-order valence-corrected chi connectivity index (χ0v) is 8.54. The first kappa shape index (κ1) is 10.6. The topological polar surface area (TPSA) is 0 Å². The van der Waals surface area contributed by atoms with Gasteiger partial charge in [-0.05, 0) is 24.1 Å². The van der Waals surface area contributed by atoms with E-state index in [1.54, 1.807) is 13.0 Å². The van der Waals surface area contributed by atoms with Gasteiger partial charge < -0.3 is 0 Å². The van der Waals surface area contributed by atoms with Gasteiger partial charge in [-0.1, -0.05) is 28.9 Å². The molecule has 0 saturated heterocycles. The van der Waals surface area contributed by atoms with Crippen LogP contribution in [0.1, 0.15) is 18.1 Å². The molecule has 0 fully saturated rings. The van der Waals surface area contributed by atoms with E-state index in [2.05, 4.69) is 15.9 Å². The van der Waals surface area contributed by atoms with Crippen molar-refractivity contribution in [3.05, 3.63) is 33.8 Å². The summed E-state index contributed by atoms with van der Waals surface area (Å²) in [5.41, 5.74) is -0.237. The number of hydrogen-bond donors (Lipinski definition) is 0. The fourth-order valence-electron chi connectivity index (χ4n) is 1.18. The molecule has 0 nitrogen and oxygen atoms in total. The molecule has 1 aromatic carbocycles. The summed E-state index contributed by atoms with van der Waals surface area (Å²) in [6, 6.07) is 4.11. The molecule has 1 aromatic rings. The number of halogens is 4. The molecule has 0 aliphatic heterocycles. The molecule has 72 valence electrons. The van der Waals surface area contributed by atoms with Gasteiger partial charge in [-0.2, -0.15) is 13.2 Å². The molecule has 0 unspecified atom stereocenters. The lowest BCUT2D eigenvalue weighted by atomic mass is 10.1. The van der Waals surface area contributed by atoms with Crippen LogP contribution in [0.25, 0.3) is 0 Å². The normalized spacial score (nSPS) is 11.8. The average Bonchev–Trinajstić information content (AvgIpc) is 2.02. The Kier molecular flexibility index (Phi) is 3.01. The molecule has 1 rings (SSSR count). The molecule has 0 saturated carbocycles. The summed E-state index contributed by atoms with van der Waals surface area (Å²) in [5.74, 6) is 0. The molecule has 0 aromatic heterocycles. The third-order valence-corrected chi connectivity index (χ3v) is 2.52. The van der Waals surface area contributed by atoms with Gasteiger partial charge in [0.15, 0.2) is 0 Å². The monoisotopic (exact) mass is 252 g/mol. The van der Waals surface area contributed by atoms with Crippen molar-refractivity contribution in [2.24, 2.45) is 0 Å². The first-order chi connectivity index (χ1) is 5.96. The highest BCUT2D eigenvalue weighted by Gasteiger charge is 2.33. The Hall–Kier alpha value is -0.510. The summed E-state index contributed by atoms with van der Waals surface area (Å²) in [6.45, 7) is 1.70. The van der Waals surface area contributed by atoms with Crippen LogP contribution in [0.5, 0.6) is 0 Å². The quantitative estimate of drug-likeness (QED) is 0.708. The van der Waals surface area contributed by atoms with Crippen molar-refractivity contribution < 1.29 is 13.2 Å². The van der Waals surface area contributed by atoms with E-state index in [0.29, 0.717) is 16.5 Å². The Morgan fingerprint density at radius 3 is 2.31 bits per heavy atom. The third-order valence-electron chi connectivity index (χ3n) is 1.78. The minimum Gasteiger partial charge on any atom is -0.166 e. The predicted octanol–water partition coefficient (Wildman–Crippen LogP) is 4.03. The lowest BCUT2D eigenvalue weighted by Crippen LogP contribution is -2.08. The number of rotatable bonds is 1. The summed E-state index contributed by atoms with van der Waals surface area (Å²) in [7, 11) is 0. The van der Waals surface area contributed by atoms with Gasteiger partial charge >= 0.3 is 6.18 Å². The fourth-order valence-corrected chi connectivity index (χ4v) is 1.83. The van der Waals surface area contributed by atoms with Crippen LogP contribution < -0.4 is 0 Å². The zero-order valence-electron chi connectivity index (χ0n) is 6.95. The second-order valence-electron chi connectivity index (χ2n) is 2.62. The van der Waals surface area contributed by atoms with Gasteiger partial charge in [0, 0.05) is 4.47 Å². The van der Waals surface area contributed by atoms with Gasteiger partial charge in [0.25, 0.3) is 0 Å². The maximum Gasteiger partial charge on any atom is 0.416 e. The maximum atomic E-state index is 12.4. The number of benzene rings is 1. The molecule has 0 atom stereocenters. The van der Waals surface area contributed by atoms with Crippen molar-refractivity contribution in [1.29, 1.82) is 0 Å². The molecule has 0 radical (unpaired) electrons. The van der Waals surface area contributed by atoms with Crippen molar-refractivity contribution in [1.82, 2.24) is 0 Å². The summed E-state index contributed by atoms with van der Waals surface area (Å²) < 4.78 is 37.7. The SMILES string of the molecule is CCc1c(Br)cccc1C(F)(F)F. The molecular formula is C9H8BrF3. The molecule has 4 heteroatoms. The Morgan fingerprint density at radius 2 is 1.92 bits per heavy atom. The van der Waals surface area contributed by atoms with Gasteiger partial charge in [-0.3, -0.25) is 0 Å². The van der Waals surface area contributed by atoms with Crippen LogP contribution in [-0.4, -0.2) is 0 Å². The predicted molar refractivity (Wildman–Crippen MR) is 48.5 cm³/mol. The third kappa shape index (κ3) is 2.24. The number of hydrogen-bond acceptors (Lipinski definition) is 0. The van der Waals surface area contributed by atoms with Crippen LogP contribution >= 0.6 is 15.9 Å². The molecule has 0 bridgehead atoms. The highest BCUT2D eigenvalue weighted by Crippen LogP contribution is 2.35. The Labute approximate surface area is 82.9 Å². The van der Waals surface area contributed by atoms with E-state index < -0.39 is 11.7 Å². The van der Waals surface area contributed by atoms with E-state index in [9.17, 15) is 13.2 Å². The summed E-state index contributed by atoms with van der Waals surface area (Å²) in [5, 5.41) is 0. The summed E-state index contributed by atoms with van der Waals surface area (Å²) >= 11 is 3.10. The molecule has 0 aliphatic carbocycles. The van der Waals surface area contributed by atoms with E-state index in [0.717, 1.165) is 6.07 Å². The molecule has 13 heavy (non-hydrogen) atoms. The van der Waals surface area contributed by atoms with Crippen LogP contribution in [-0.2, 0) is 12.6 Å². The summed E-state index contributed by atoms with van der Waals surface area (Å²) in [4.78, 5) is 0. The Bertz CT molecular complexity index is 304. The lowest BCUT2D eigenvalue weighted by Gasteiger charge is -2.12. The van der Waals surface area contributed by atoms with E-state index in [4.69, 9.17) is 0 Å². The van der Waals surface area contributed by atoms with Crippen LogP contribution in [0.4, 0.5) is 13.2 Å². The average molecular weight is 253 g/mol. The van der Waals surface area contributed by atoms with Crippen molar-refractivity contribution in [3.63, 3.8) is 0 Å². The van der Waals surface area contributed by atoms with Crippen molar-refractivity contribution in [2.75, 3.05) is 0 Å². The van der Waals surface area contributed by atoms with Gasteiger partial charge in [0.2, 0.25) is 0 Å². The summed E-state index contributed by atoms with van der Waals surface area (Å²) in [6.07, 6.45) is -3.88. The standard InChI is InChI=1S/C9H8BrF3/c1-2-6-7(9(11,12)13)4-3-5-8(6)10/h3-5H,2H2,1H3. The second-order valence-corrected chi connectivity index (χ2v) is 3.47. The minimum absolute atomic E-state index is 0.315. The second kappa shape index (κ2) is 3.70. The van der Waals surface area contributed by atoms with Crippen molar-refractivity contribution in [2.45, 2.75) is 19.5 Å². The van der Waals surface area contributed by atoms with Crippen LogP contribution in [0.15, 0.2) is 22.7 Å². The highest BCUT2D eigenvalue weighted by atomic mass is 79.9. The van der Waals surface area contributed by atoms with Gasteiger partial charge in [-0.15, -0.1) is 0 Å². The van der Waals surface area contributed by atoms with E-state index in [1.165, 1.54) is 6.07 Å². The minimum atomic E-state index is -4.25. The van der Waals surface area contributed by atoms with Gasteiger partial charge in [0.05, 0.1) is 5.56 Å². The Morgan fingerprint density at radius 1 is 1.31 bits per heavy atom. The molecule has 0 N–H and O–H groups in total. The first-order valence-corrected chi connectivity index (χ1v) is 4.60. The zero-order chi connectivity index (χ0) is 10.1. The fraction of sp³-hybridized carbons (Fsp3) is 0.333. The Balaban J connectivity index is 3.29. The van der Waals surface area contributed by atoms with Crippen LogP contribution in [0.2, 0.25) is 0 Å². The van der Waals surface area contributed by atoms with Crippen molar-refractivity contribution >= 4 is 15.9 Å².